The summed E-state index contributed by atoms with van der Waals surface area (Å²) in [6, 6.07) is 5.90. The third-order valence-electron chi connectivity index (χ3n) is 2.75. The summed E-state index contributed by atoms with van der Waals surface area (Å²) in [6.07, 6.45) is 1.42. The molecule has 0 fully saturated rings. The lowest BCUT2D eigenvalue weighted by atomic mass is 10.2. The SMILES string of the molecule is COc1cc(Cl)c(C)cc1NC(=O)c1cc(=O)cc[nH]1. The van der Waals surface area contributed by atoms with E-state index in [1.165, 1.54) is 25.4 Å². The van der Waals surface area contributed by atoms with Crippen molar-refractivity contribution in [3.05, 3.63) is 57.0 Å². The molecule has 0 spiro atoms. The third kappa shape index (κ3) is 3.00. The first-order chi connectivity index (χ1) is 9.51. The van der Waals surface area contributed by atoms with Gasteiger partial charge in [-0.3, -0.25) is 9.59 Å². The van der Waals surface area contributed by atoms with Gasteiger partial charge in [0.05, 0.1) is 12.8 Å². The van der Waals surface area contributed by atoms with Gasteiger partial charge in [0.15, 0.2) is 5.43 Å². The number of anilines is 1. The molecule has 1 aromatic carbocycles. The Morgan fingerprint density at radius 2 is 2.10 bits per heavy atom. The fourth-order valence-electron chi connectivity index (χ4n) is 1.70. The van der Waals surface area contributed by atoms with E-state index in [0.29, 0.717) is 16.5 Å². The molecule has 1 aromatic heterocycles. The summed E-state index contributed by atoms with van der Waals surface area (Å²) in [5, 5.41) is 3.23. The summed E-state index contributed by atoms with van der Waals surface area (Å²) in [5.74, 6) is 0.0231. The number of H-pyrrole nitrogens is 1. The van der Waals surface area contributed by atoms with E-state index in [1.807, 2.05) is 6.92 Å². The zero-order chi connectivity index (χ0) is 14.7. The van der Waals surface area contributed by atoms with E-state index in [4.69, 9.17) is 16.3 Å². The smallest absolute Gasteiger partial charge is 0.272 e. The second-order valence-corrected chi connectivity index (χ2v) is 4.60. The van der Waals surface area contributed by atoms with E-state index in [1.54, 1.807) is 12.1 Å². The van der Waals surface area contributed by atoms with Crippen molar-refractivity contribution in [2.24, 2.45) is 0 Å². The Morgan fingerprint density at radius 1 is 1.35 bits per heavy atom. The Balaban J connectivity index is 2.32. The molecule has 20 heavy (non-hydrogen) atoms. The molecule has 2 N–H and O–H groups in total. The topological polar surface area (TPSA) is 71.2 Å². The Labute approximate surface area is 120 Å². The van der Waals surface area contributed by atoms with Gasteiger partial charge < -0.3 is 15.0 Å². The van der Waals surface area contributed by atoms with Crippen LogP contribution >= 0.6 is 11.6 Å². The number of methoxy groups -OCH3 is 1. The van der Waals surface area contributed by atoms with Crippen LogP contribution in [0.25, 0.3) is 0 Å². The van der Waals surface area contributed by atoms with Crippen LogP contribution in [0.15, 0.2) is 35.3 Å². The maximum Gasteiger partial charge on any atom is 0.272 e. The van der Waals surface area contributed by atoms with Crippen LogP contribution in [-0.2, 0) is 0 Å². The molecule has 0 saturated heterocycles. The standard InChI is InChI=1S/C14H13ClN2O3/c1-8-5-11(13(20-2)7-10(8)15)17-14(19)12-6-9(18)3-4-16-12/h3-7H,1-2H3,(H,16,18)(H,17,19). The van der Waals surface area contributed by atoms with E-state index in [2.05, 4.69) is 10.3 Å². The number of rotatable bonds is 3. The van der Waals surface area contributed by atoms with E-state index < -0.39 is 5.91 Å². The Hall–Kier alpha value is -2.27. The average Bonchev–Trinajstić information content (AvgIpc) is 2.42. The Morgan fingerprint density at radius 3 is 2.75 bits per heavy atom. The van der Waals surface area contributed by atoms with Crippen molar-refractivity contribution in [3.8, 4) is 5.75 Å². The lowest BCUT2D eigenvalue weighted by Gasteiger charge is -2.12. The van der Waals surface area contributed by atoms with E-state index in [9.17, 15) is 9.59 Å². The highest BCUT2D eigenvalue weighted by Crippen LogP contribution is 2.31. The first-order valence-electron chi connectivity index (χ1n) is 5.85. The van der Waals surface area contributed by atoms with Crippen LogP contribution in [-0.4, -0.2) is 18.0 Å². The lowest BCUT2D eigenvalue weighted by molar-refractivity contribution is 0.102. The number of pyridine rings is 1. The molecule has 6 heteroatoms. The zero-order valence-electron chi connectivity index (χ0n) is 11.0. The number of carbonyl (C=O) groups excluding carboxylic acids is 1. The number of amides is 1. The predicted octanol–water partition coefficient (Wildman–Crippen LogP) is 2.60. The maximum absolute atomic E-state index is 12.1. The molecule has 0 aliphatic rings. The summed E-state index contributed by atoms with van der Waals surface area (Å²) in [7, 11) is 1.49. The number of aromatic amines is 1. The first-order valence-corrected chi connectivity index (χ1v) is 6.23. The fraction of sp³-hybridized carbons (Fsp3) is 0.143. The van der Waals surface area contributed by atoms with Gasteiger partial charge in [0.25, 0.3) is 5.91 Å². The molecule has 0 radical (unpaired) electrons. The van der Waals surface area contributed by atoms with Crippen LogP contribution in [0.2, 0.25) is 5.02 Å². The van der Waals surface area contributed by atoms with Gasteiger partial charge in [-0.15, -0.1) is 0 Å². The van der Waals surface area contributed by atoms with Crippen LogP contribution in [0.4, 0.5) is 5.69 Å². The molecule has 0 atom stereocenters. The highest BCUT2D eigenvalue weighted by Gasteiger charge is 2.12. The molecule has 2 rings (SSSR count). The second-order valence-electron chi connectivity index (χ2n) is 4.19. The molecular formula is C14H13ClN2O3. The second kappa shape index (κ2) is 5.79. The van der Waals surface area contributed by atoms with Crippen LogP contribution in [0.1, 0.15) is 16.1 Å². The molecule has 0 unspecified atom stereocenters. The van der Waals surface area contributed by atoms with Gasteiger partial charge in [0.2, 0.25) is 0 Å². The number of carbonyl (C=O) groups is 1. The highest BCUT2D eigenvalue weighted by molar-refractivity contribution is 6.31. The summed E-state index contributed by atoms with van der Waals surface area (Å²) in [4.78, 5) is 26.0. The van der Waals surface area contributed by atoms with Gasteiger partial charge >= 0.3 is 0 Å². The van der Waals surface area contributed by atoms with Gasteiger partial charge in [-0.05, 0) is 18.6 Å². The molecule has 2 aromatic rings. The van der Waals surface area contributed by atoms with Crippen LogP contribution in [0, 0.1) is 6.92 Å². The number of aryl methyl sites for hydroxylation is 1. The van der Waals surface area contributed by atoms with Crippen molar-refractivity contribution in [3.63, 3.8) is 0 Å². The fourth-order valence-corrected chi connectivity index (χ4v) is 1.85. The largest absolute Gasteiger partial charge is 0.495 e. The molecule has 0 aliphatic heterocycles. The van der Waals surface area contributed by atoms with E-state index in [0.717, 1.165) is 5.56 Å². The number of hydrogen-bond donors (Lipinski definition) is 2. The molecule has 0 aliphatic carbocycles. The normalized spacial score (nSPS) is 10.2. The minimum absolute atomic E-state index is 0.173. The highest BCUT2D eigenvalue weighted by atomic mass is 35.5. The van der Waals surface area contributed by atoms with Crippen LogP contribution in [0.3, 0.4) is 0 Å². The van der Waals surface area contributed by atoms with Crippen LogP contribution in [0.5, 0.6) is 5.75 Å². The quantitative estimate of drug-likeness (QED) is 0.913. The number of halogens is 1. The molecule has 5 nitrogen and oxygen atoms in total. The van der Waals surface area contributed by atoms with Crippen molar-refractivity contribution in [1.29, 1.82) is 0 Å². The molecule has 104 valence electrons. The minimum atomic E-state index is -0.428. The van der Waals surface area contributed by atoms with E-state index >= 15 is 0 Å². The number of nitrogens with one attached hydrogen (secondary N) is 2. The van der Waals surface area contributed by atoms with Gasteiger partial charge in [-0.2, -0.15) is 0 Å². The van der Waals surface area contributed by atoms with Crippen molar-refractivity contribution in [1.82, 2.24) is 4.98 Å². The zero-order valence-corrected chi connectivity index (χ0v) is 11.7. The molecule has 1 heterocycles. The molecule has 0 bridgehead atoms. The molecular weight excluding hydrogens is 280 g/mol. The Bertz CT molecular complexity index is 710. The van der Waals surface area contributed by atoms with Gasteiger partial charge in [-0.1, -0.05) is 11.6 Å². The number of hydrogen-bond acceptors (Lipinski definition) is 3. The number of aromatic nitrogens is 1. The van der Waals surface area contributed by atoms with Crippen molar-refractivity contribution in [2.45, 2.75) is 6.92 Å². The first kappa shape index (κ1) is 14.1. The van der Waals surface area contributed by atoms with Gasteiger partial charge in [0.1, 0.15) is 11.4 Å². The summed E-state index contributed by atoms with van der Waals surface area (Å²) in [6.45, 7) is 1.82. The Kier molecular flexibility index (Phi) is 4.10. The number of benzene rings is 1. The monoisotopic (exact) mass is 292 g/mol. The minimum Gasteiger partial charge on any atom is -0.495 e. The summed E-state index contributed by atoms with van der Waals surface area (Å²) >= 11 is 6.00. The molecule has 1 amide bonds. The van der Waals surface area contributed by atoms with E-state index in [-0.39, 0.29) is 11.1 Å². The van der Waals surface area contributed by atoms with Crippen LogP contribution < -0.4 is 15.5 Å². The summed E-state index contributed by atoms with van der Waals surface area (Å²) < 4.78 is 5.17. The summed E-state index contributed by atoms with van der Waals surface area (Å²) in [5.41, 5.74) is 1.23. The molecule has 0 saturated carbocycles. The number of ether oxygens (including phenoxy) is 1. The third-order valence-corrected chi connectivity index (χ3v) is 3.15. The lowest BCUT2D eigenvalue weighted by Crippen LogP contribution is -2.16. The maximum atomic E-state index is 12.1. The van der Waals surface area contributed by atoms with Gasteiger partial charge in [0, 0.05) is 29.4 Å². The van der Waals surface area contributed by atoms with Crippen molar-refractivity contribution in [2.75, 3.05) is 12.4 Å². The van der Waals surface area contributed by atoms with Gasteiger partial charge in [-0.25, -0.2) is 0 Å². The van der Waals surface area contributed by atoms with Crippen molar-refractivity contribution >= 4 is 23.2 Å². The van der Waals surface area contributed by atoms with Crippen molar-refractivity contribution < 1.29 is 9.53 Å². The predicted molar refractivity (Wildman–Crippen MR) is 77.8 cm³/mol. The average molecular weight is 293 g/mol.